The Bertz CT molecular complexity index is 149. The van der Waals surface area contributed by atoms with Crippen molar-refractivity contribution in [3.05, 3.63) is 0 Å². The van der Waals surface area contributed by atoms with Crippen LogP contribution in [0.15, 0.2) is 0 Å². The maximum atomic E-state index is 5.53. The van der Waals surface area contributed by atoms with Gasteiger partial charge >= 0.3 is 0 Å². The summed E-state index contributed by atoms with van der Waals surface area (Å²) in [5.41, 5.74) is 0. The predicted molar refractivity (Wildman–Crippen MR) is 59.1 cm³/mol. The summed E-state index contributed by atoms with van der Waals surface area (Å²) < 4.78 is 15.8. The zero-order valence-corrected chi connectivity index (χ0v) is 9.83. The molecule has 4 heteroatoms. The molecule has 0 aromatic heterocycles. The van der Waals surface area contributed by atoms with Crippen LogP contribution in [0.2, 0.25) is 0 Å². The number of hydrogen-bond donors (Lipinski definition) is 1. The number of ether oxygens (including phenoxy) is 3. The van der Waals surface area contributed by atoms with E-state index < -0.39 is 0 Å². The topological polar surface area (TPSA) is 39.7 Å². The minimum absolute atomic E-state index is 0.187. The van der Waals surface area contributed by atoms with Crippen molar-refractivity contribution in [2.75, 3.05) is 46.6 Å². The molecule has 0 amide bonds. The van der Waals surface area contributed by atoms with Crippen molar-refractivity contribution in [3.8, 4) is 0 Å². The van der Waals surface area contributed by atoms with Crippen LogP contribution < -0.4 is 5.32 Å². The minimum atomic E-state index is 0.187. The number of hydrogen-bond acceptors (Lipinski definition) is 4. The van der Waals surface area contributed by atoms with E-state index in [1.165, 1.54) is 6.42 Å². The molecule has 0 saturated carbocycles. The van der Waals surface area contributed by atoms with E-state index in [1.807, 2.05) is 6.92 Å². The normalized spacial score (nSPS) is 23.2. The summed E-state index contributed by atoms with van der Waals surface area (Å²) in [6.07, 6.45) is 1.38. The van der Waals surface area contributed by atoms with Crippen molar-refractivity contribution < 1.29 is 14.2 Å². The lowest BCUT2D eigenvalue weighted by Crippen LogP contribution is -2.28. The molecule has 90 valence electrons. The highest BCUT2D eigenvalue weighted by Crippen LogP contribution is 2.10. The molecule has 1 aliphatic rings. The monoisotopic (exact) mass is 217 g/mol. The van der Waals surface area contributed by atoms with Gasteiger partial charge in [-0.25, -0.2) is 0 Å². The van der Waals surface area contributed by atoms with Gasteiger partial charge in [0.15, 0.2) is 0 Å². The highest BCUT2D eigenvalue weighted by molar-refractivity contribution is 4.66. The fraction of sp³-hybridized carbons (Fsp3) is 1.00. The summed E-state index contributed by atoms with van der Waals surface area (Å²) in [4.78, 5) is 0. The summed E-state index contributed by atoms with van der Waals surface area (Å²) in [5.74, 6) is 0.696. The molecule has 1 N–H and O–H groups in total. The Morgan fingerprint density at radius 3 is 3.07 bits per heavy atom. The Kier molecular flexibility index (Phi) is 6.92. The van der Waals surface area contributed by atoms with E-state index in [4.69, 9.17) is 14.2 Å². The Labute approximate surface area is 92.3 Å². The first kappa shape index (κ1) is 12.9. The maximum absolute atomic E-state index is 5.53. The van der Waals surface area contributed by atoms with Gasteiger partial charge in [0.1, 0.15) is 0 Å². The Morgan fingerprint density at radius 2 is 2.40 bits per heavy atom. The van der Waals surface area contributed by atoms with E-state index in [-0.39, 0.29) is 6.10 Å². The lowest BCUT2D eigenvalue weighted by Gasteiger charge is -2.13. The van der Waals surface area contributed by atoms with Gasteiger partial charge in [-0.3, -0.25) is 0 Å². The van der Waals surface area contributed by atoms with E-state index in [0.717, 1.165) is 32.9 Å². The molecule has 4 nitrogen and oxygen atoms in total. The van der Waals surface area contributed by atoms with Crippen molar-refractivity contribution >= 4 is 0 Å². The van der Waals surface area contributed by atoms with Gasteiger partial charge < -0.3 is 19.5 Å². The van der Waals surface area contributed by atoms with E-state index in [1.54, 1.807) is 7.11 Å². The molecule has 0 bridgehead atoms. The van der Waals surface area contributed by atoms with Crippen LogP contribution in [-0.4, -0.2) is 52.7 Å². The summed E-state index contributed by atoms with van der Waals surface area (Å²) in [5, 5.41) is 3.38. The fourth-order valence-electron chi connectivity index (χ4n) is 1.67. The molecular formula is C11H23NO3. The van der Waals surface area contributed by atoms with Gasteiger partial charge in [0.2, 0.25) is 0 Å². The molecule has 0 radical (unpaired) electrons. The van der Waals surface area contributed by atoms with Gasteiger partial charge in [0.25, 0.3) is 0 Å². The first-order valence-corrected chi connectivity index (χ1v) is 5.72. The molecule has 1 fully saturated rings. The fourth-order valence-corrected chi connectivity index (χ4v) is 1.67. The molecule has 2 atom stereocenters. The molecule has 0 aromatic carbocycles. The lowest BCUT2D eigenvalue weighted by molar-refractivity contribution is 0.0105. The van der Waals surface area contributed by atoms with Gasteiger partial charge in [-0.15, -0.1) is 0 Å². The highest BCUT2D eigenvalue weighted by Gasteiger charge is 2.14. The van der Waals surface area contributed by atoms with Crippen molar-refractivity contribution in [1.82, 2.24) is 5.32 Å². The standard InChI is InChI=1S/C11H23NO3/c1-10(8-13-2)15-6-4-12-7-11-3-5-14-9-11/h10-12H,3-9H2,1-2H3. The van der Waals surface area contributed by atoms with Crippen molar-refractivity contribution in [2.24, 2.45) is 5.92 Å². The second kappa shape index (κ2) is 8.05. The van der Waals surface area contributed by atoms with Gasteiger partial charge in [0.05, 0.1) is 25.9 Å². The number of rotatable bonds is 8. The van der Waals surface area contributed by atoms with Crippen LogP contribution in [-0.2, 0) is 14.2 Å². The van der Waals surface area contributed by atoms with Crippen LogP contribution in [0, 0.1) is 5.92 Å². The van der Waals surface area contributed by atoms with E-state index in [9.17, 15) is 0 Å². The third-order valence-electron chi connectivity index (χ3n) is 2.54. The molecular weight excluding hydrogens is 194 g/mol. The highest BCUT2D eigenvalue weighted by atomic mass is 16.5. The third kappa shape index (κ3) is 6.10. The summed E-state index contributed by atoms with van der Waals surface area (Å²) in [6, 6.07) is 0. The smallest absolute Gasteiger partial charge is 0.0780 e. The average Bonchev–Trinajstić information content (AvgIpc) is 2.70. The Hall–Kier alpha value is -0.160. The van der Waals surface area contributed by atoms with Gasteiger partial charge in [-0.05, 0) is 19.3 Å². The van der Waals surface area contributed by atoms with Gasteiger partial charge in [-0.1, -0.05) is 0 Å². The van der Waals surface area contributed by atoms with E-state index >= 15 is 0 Å². The van der Waals surface area contributed by atoms with E-state index in [2.05, 4.69) is 5.32 Å². The second-order valence-electron chi connectivity index (χ2n) is 4.07. The molecule has 0 spiro atoms. The molecule has 1 aliphatic heterocycles. The van der Waals surface area contributed by atoms with Crippen molar-refractivity contribution in [1.29, 1.82) is 0 Å². The number of nitrogens with one attached hydrogen (secondary N) is 1. The zero-order chi connectivity index (χ0) is 10.9. The molecule has 0 aromatic rings. The Balaban J connectivity index is 1.84. The van der Waals surface area contributed by atoms with Crippen molar-refractivity contribution in [2.45, 2.75) is 19.4 Å². The minimum Gasteiger partial charge on any atom is -0.382 e. The summed E-state index contributed by atoms with van der Waals surface area (Å²) >= 11 is 0. The quantitative estimate of drug-likeness (QED) is 0.606. The number of methoxy groups -OCH3 is 1. The van der Waals surface area contributed by atoms with Crippen LogP contribution in [0.3, 0.4) is 0 Å². The van der Waals surface area contributed by atoms with Crippen LogP contribution >= 0.6 is 0 Å². The van der Waals surface area contributed by atoms with Crippen LogP contribution in [0.5, 0.6) is 0 Å². The van der Waals surface area contributed by atoms with Gasteiger partial charge in [-0.2, -0.15) is 0 Å². The average molecular weight is 217 g/mol. The van der Waals surface area contributed by atoms with E-state index in [0.29, 0.717) is 12.5 Å². The lowest BCUT2D eigenvalue weighted by atomic mass is 10.1. The molecule has 2 unspecified atom stereocenters. The predicted octanol–water partition coefficient (Wildman–Crippen LogP) is 0.664. The van der Waals surface area contributed by atoms with Gasteiger partial charge in [0, 0.05) is 26.8 Å². The second-order valence-corrected chi connectivity index (χ2v) is 4.07. The SMILES string of the molecule is COCC(C)OCCNCC1CCOC1. The van der Waals surface area contributed by atoms with Crippen LogP contribution in [0.25, 0.3) is 0 Å². The largest absolute Gasteiger partial charge is 0.382 e. The zero-order valence-electron chi connectivity index (χ0n) is 9.83. The first-order chi connectivity index (χ1) is 7.33. The van der Waals surface area contributed by atoms with Crippen molar-refractivity contribution in [3.63, 3.8) is 0 Å². The maximum Gasteiger partial charge on any atom is 0.0780 e. The summed E-state index contributed by atoms with van der Waals surface area (Å²) in [7, 11) is 1.69. The third-order valence-corrected chi connectivity index (χ3v) is 2.54. The first-order valence-electron chi connectivity index (χ1n) is 5.72. The molecule has 1 heterocycles. The van der Waals surface area contributed by atoms with Crippen LogP contribution in [0.1, 0.15) is 13.3 Å². The molecule has 1 rings (SSSR count). The molecule has 0 aliphatic carbocycles. The Morgan fingerprint density at radius 1 is 1.53 bits per heavy atom. The van der Waals surface area contributed by atoms with Crippen LogP contribution in [0.4, 0.5) is 0 Å². The summed E-state index contributed by atoms with van der Waals surface area (Å²) in [6.45, 7) is 7.22. The molecule has 15 heavy (non-hydrogen) atoms. The molecule has 1 saturated heterocycles.